The summed E-state index contributed by atoms with van der Waals surface area (Å²) in [4.78, 5) is 11.5. The topological polar surface area (TPSA) is 38.2 Å². The molecule has 0 saturated carbocycles. The summed E-state index contributed by atoms with van der Waals surface area (Å²) in [6, 6.07) is 9.95. The van der Waals surface area contributed by atoms with Crippen LogP contribution in [0.25, 0.3) is 11.3 Å². The number of methoxy groups -OCH3 is 1. The maximum Gasteiger partial charge on any atom is 0.225 e. The van der Waals surface area contributed by atoms with Crippen LogP contribution in [0.3, 0.4) is 0 Å². The van der Waals surface area contributed by atoms with Gasteiger partial charge in [0.05, 0.1) is 12.8 Å². The van der Waals surface area contributed by atoms with E-state index in [4.69, 9.17) is 9.72 Å². The molecule has 0 atom stereocenters. The van der Waals surface area contributed by atoms with Crippen molar-refractivity contribution in [3.05, 3.63) is 36.5 Å². The van der Waals surface area contributed by atoms with Crippen LogP contribution in [0.1, 0.15) is 25.7 Å². The molecule has 0 amide bonds. The minimum absolute atomic E-state index is 0.852. The fourth-order valence-corrected chi connectivity index (χ4v) is 2.69. The van der Waals surface area contributed by atoms with Crippen LogP contribution in [0.2, 0.25) is 0 Å². The second-order valence-electron chi connectivity index (χ2n) is 5.37. The maximum atomic E-state index is 5.20. The lowest BCUT2D eigenvalue weighted by molar-refractivity contribution is 0.415. The third-order valence-corrected chi connectivity index (χ3v) is 3.92. The Kier molecular flexibility index (Phi) is 4.34. The third-order valence-electron chi connectivity index (χ3n) is 3.92. The van der Waals surface area contributed by atoms with Crippen molar-refractivity contribution in [1.29, 1.82) is 0 Å². The van der Waals surface area contributed by atoms with Crippen LogP contribution in [0.15, 0.2) is 36.5 Å². The number of rotatable bonds is 3. The summed E-state index contributed by atoms with van der Waals surface area (Å²) < 4.78 is 5.20. The molecule has 1 aromatic heterocycles. The molecule has 0 spiro atoms. The number of benzene rings is 1. The largest absolute Gasteiger partial charge is 0.497 e. The first-order chi connectivity index (χ1) is 10.4. The molecule has 1 aliphatic rings. The predicted octanol–water partition coefficient (Wildman–Crippen LogP) is 3.53. The summed E-state index contributed by atoms with van der Waals surface area (Å²) in [7, 11) is 1.68. The third kappa shape index (κ3) is 3.32. The van der Waals surface area contributed by atoms with Gasteiger partial charge in [0.15, 0.2) is 0 Å². The molecule has 0 aliphatic carbocycles. The van der Waals surface area contributed by atoms with E-state index in [1.54, 1.807) is 7.11 Å². The van der Waals surface area contributed by atoms with Gasteiger partial charge in [-0.05, 0) is 43.2 Å². The van der Waals surface area contributed by atoms with Crippen LogP contribution in [0, 0.1) is 0 Å². The molecule has 4 nitrogen and oxygen atoms in total. The van der Waals surface area contributed by atoms with Crippen LogP contribution in [-0.4, -0.2) is 30.2 Å². The highest BCUT2D eigenvalue weighted by Gasteiger charge is 2.13. The van der Waals surface area contributed by atoms with Crippen molar-refractivity contribution >= 4 is 5.95 Å². The van der Waals surface area contributed by atoms with E-state index >= 15 is 0 Å². The van der Waals surface area contributed by atoms with Gasteiger partial charge in [-0.15, -0.1) is 0 Å². The zero-order valence-corrected chi connectivity index (χ0v) is 12.5. The normalized spacial score (nSPS) is 15.6. The van der Waals surface area contributed by atoms with Crippen molar-refractivity contribution in [2.45, 2.75) is 25.7 Å². The molecular weight excluding hydrogens is 262 g/mol. The SMILES string of the molecule is COc1ccc(-c2ccnc(N3CCCCCC3)n2)cc1. The predicted molar refractivity (Wildman–Crippen MR) is 84.7 cm³/mol. The highest BCUT2D eigenvalue weighted by molar-refractivity contribution is 5.61. The number of aromatic nitrogens is 2. The Balaban J connectivity index is 1.84. The van der Waals surface area contributed by atoms with E-state index in [0.717, 1.165) is 36.0 Å². The average molecular weight is 283 g/mol. The van der Waals surface area contributed by atoms with Gasteiger partial charge in [0.2, 0.25) is 5.95 Å². The Morgan fingerprint density at radius 1 is 0.952 bits per heavy atom. The first-order valence-electron chi connectivity index (χ1n) is 7.59. The van der Waals surface area contributed by atoms with E-state index in [9.17, 15) is 0 Å². The lowest BCUT2D eigenvalue weighted by atomic mass is 10.1. The standard InChI is InChI=1S/C17H21N3O/c1-21-15-8-6-14(7-9-15)16-10-11-18-17(19-16)20-12-4-2-3-5-13-20/h6-11H,2-5,12-13H2,1H3. The first-order valence-corrected chi connectivity index (χ1v) is 7.59. The molecule has 2 aromatic rings. The number of anilines is 1. The molecule has 0 unspecified atom stereocenters. The number of hydrogen-bond donors (Lipinski definition) is 0. The van der Waals surface area contributed by atoms with Crippen molar-refractivity contribution in [2.24, 2.45) is 0 Å². The maximum absolute atomic E-state index is 5.20. The molecule has 1 saturated heterocycles. The van der Waals surface area contributed by atoms with E-state index in [2.05, 4.69) is 9.88 Å². The molecule has 21 heavy (non-hydrogen) atoms. The van der Waals surface area contributed by atoms with Crippen molar-refractivity contribution in [3.63, 3.8) is 0 Å². The Bertz CT molecular complexity index is 575. The Morgan fingerprint density at radius 3 is 2.33 bits per heavy atom. The fraction of sp³-hybridized carbons (Fsp3) is 0.412. The second-order valence-corrected chi connectivity index (χ2v) is 5.37. The van der Waals surface area contributed by atoms with Gasteiger partial charge < -0.3 is 9.64 Å². The molecule has 0 radical (unpaired) electrons. The minimum atomic E-state index is 0.852. The Morgan fingerprint density at radius 2 is 1.67 bits per heavy atom. The first kappa shape index (κ1) is 13.9. The second kappa shape index (κ2) is 6.57. The van der Waals surface area contributed by atoms with Crippen LogP contribution in [-0.2, 0) is 0 Å². The lowest BCUT2D eigenvalue weighted by Gasteiger charge is -2.20. The number of ether oxygens (including phenoxy) is 1. The minimum Gasteiger partial charge on any atom is -0.497 e. The van der Waals surface area contributed by atoms with Crippen LogP contribution in [0.5, 0.6) is 5.75 Å². The summed E-state index contributed by atoms with van der Waals surface area (Å²) in [6.07, 6.45) is 6.95. The molecule has 2 heterocycles. The van der Waals surface area contributed by atoms with Gasteiger partial charge >= 0.3 is 0 Å². The van der Waals surface area contributed by atoms with Gasteiger partial charge in [-0.2, -0.15) is 0 Å². The van der Waals surface area contributed by atoms with Crippen molar-refractivity contribution in [3.8, 4) is 17.0 Å². The molecule has 1 aliphatic heterocycles. The summed E-state index contributed by atoms with van der Waals surface area (Å²) in [6.45, 7) is 2.12. The average Bonchev–Trinajstić information content (AvgIpc) is 2.84. The summed E-state index contributed by atoms with van der Waals surface area (Å²) in [5.74, 6) is 1.71. The molecule has 110 valence electrons. The molecule has 1 fully saturated rings. The Hall–Kier alpha value is -2.10. The quantitative estimate of drug-likeness (QED) is 0.863. The lowest BCUT2D eigenvalue weighted by Crippen LogP contribution is -2.26. The van der Waals surface area contributed by atoms with Crippen molar-refractivity contribution < 1.29 is 4.74 Å². The molecule has 3 rings (SSSR count). The van der Waals surface area contributed by atoms with Gasteiger partial charge in [0.1, 0.15) is 5.75 Å². The molecule has 0 bridgehead atoms. The van der Waals surface area contributed by atoms with Crippen LogP contribution < -0.4 is 9.64 Å². The molecular formula is C17H21N3O. The van der Waals surface area contributed by atoms with E-state index in [1.165, 1.54) is 25.7 Å². The zero-order valence-electron chi connectivity index (χ0n) is 12.5. The Labute approximate surface area is 125 Å². The van der Waals surface area contributed by atoms with Crippen LogP contribution >= 0.6 is 0 Å². The monoisotopic (exact) mass is 283 g/mol. The highest BCUT2D eigenvalue weighted by atomic mass is 16.5. The summed E-state index contributed by atoms with van der Waals surface area (Å²) in [5.41, 5.74) is 2.06. The van der Waals surface area contributed by atoms with Crippen LogP contribution in [0.4, 0.5) is 5.95 Å². The van der Waals surface area contributed by atoms with E-state index in [1.807, 2.05) is 36.5 Å². The highest BCUT2D eigenvalue weighted by Crippen LogP contribution is 2.23. The van der Waals surface area contributed by atoms with E-state index in [-0.39, 0.29) is 0 Å². The smallest absolute Gasteiger partial charge is 0.225 e. The summed E-state index contributed by atoms with van der Waals surface area (Å²) in [5, 5.41) is 0. The number of nitrogens with zero attached hydrogens (tertiary/aromatic N) is 3. The van der Waals surface area contributed by atoms with E-state index < -0.39 is 0 Å². The molecule has 4 heteroatoms. The molecule has 0 N–H and O–H groups in total. The van der Waals surface area contributed by atoms with Crippen molar-refractivity contribution in [1.82, 2.24) is 9.97 Å². The number of hydrogen-bond acceptors (Lipinski definition) is 4. The van der Waals surface area contributed by atoms with Gasteiger partial charge in [0, 0.05) is 24.8 Å². The van der Waals surface area contributed by atoms with Gasteiger partial charge in [-0.1, -0.05) is 12.8 Å². The van der Waals surface area contributed by atoms with Crippen molar-refractivity contribution in [2.75, 3.05) is 25.1 Å². The zero-order chi connectivity index (χ0) is 14.5. The van der Waals surface area contributed by atoms with Gasteiger partial charge in [0.25, 0.3) is 0 Å². The van der Waals surface area contributed by atoms with Gasteiger partial charge in [-0.3, -0.25) is 0 Å². The van der Waals surface area contributed by atoms with E-state index in [0.29, 0.717) is 0 Å². The summed E-state index contributed by atoms with van der Waals surface area (Å²) >= 11 is 0. The molecule has 1 aromatic carbocycles. The van der Waals surface area contributed by atoms with Gasteiger partial charge in [-0.25, -0.2) is 9.97 Å². The fourth-order valence-electron chi connectivity index (χ4n) is 2.69.